The van der Waals surface area contributed by atoms with Crippen molar-refractivity contribution in [3.63, 3.8) is 0 Å². The molecule has 1 amide bonds. The van der Waals surface area contributed by atoms with Gasteiger partial charge in [0.1, 0.15) is 18.0 Å². The van der Waals surface area contributed by atoms with E-state index in [4.69, 9.17) is 18.9 Å². The van der Waals surface area contributed by atoms with Crippen LogP contribution in [0.5, 0.6) is 5.75 Å². The van der Waals surface area contributed by atoms with E-state index in [0.717, 1.165) is 37.0 Å². The maximum absolute atomic E-state index is 12.6. The molecule has 0 bridgehead atoms. The summed E-state index contributed by atoms with van der Waals surface area (Å²) in [6.45, 7) is 9.02. The number of ketones is 1. The molecule has 0 spiro atoms. The average molecular weight is 482 g/mol. The lowest BCUT2D eigenvalue weighted by Crippen LogP contribution is -2.43. The Morgan fingerprint density at radius 1 is 1.06 bits per heavy atom. The molecule has 0 saturated heterocycles. The van der Waals surface area contributed by atoms with Crippen LogP contribution in [0.1, 0.15) is 71.8 Å². The Morgan fingerprint density at radius 3 is 2.38 bits per heavy atom. The summed E-state index contributed by atoms with van der Waals surface area (Å²) in [6, 6.07) is 7.51. The van der Waals surface area contributed by atoms with Crippen LogP contribution in [-0.2, 0) is 25.6 Å². The highest BCUT2D eigenvalue weighted by molar-refractivity contribution is 5.83. The van der Waals surface area contributed by atoms with Crippen molar-refractivity contribution in [2.24, 2.45) is 0 Å². The normalized spacial score (nSPS) is 13.2. The fourth-order valence-corrected chi connectivity index (χ4v) is 3.17. The van der Waals surface area contributed by atoms with E-state index in [-0.39, 0.29) is 18.8 Å². The lowest BCUT2D eigenvalue weighted by molar-refractivity contribution is -0.157. The van der Waals surface area contributed by atoms with Gasteiger partial charge in [-0.1, -0.05) is 31.9 Å². The SMILES string of the molecule is CCCCOC(=O)NCCCCCC(=O)C(O)C(COCc1ccc(OC)cc1)OC(C)(C)C. The zero-order chi connectivity index (χ0) is 25.4. The number of unbranched alkanes of at least 4 members (excludes halogenated alkanes) is 3. The lowest BCUT2D eigenvalue weighted by atomic mass is 10.0. The molecule has 2 atom stereocenters. The number of Topliss-reactive ketones (excluding diaryl/α,β-unsaturated/α-hetero) is 1. The number of benzene rings is 1. The fourth-order valence-electron chi connectivity index (χ4n) is 3.17. The van der Waals surface area contributed by atoms with Crippen LogP contribution in [0.3, 0.4) is 0 Å². The molecule has 0 heterocycles. The fraction of sp³-hybridized carbons (Fsp3) is 0.692. The van der Waals surface area contributed by atoms with Crippen molar-refractivity contribution in [2.45, 2.75) is 90.6 Å². The van der Waals surface area contributed by atoms with E-state index in [1.54, 1.807) is 7.11 Å². The lowest BCUT2D eigenvalue weighted by Gasteiger charge is -2.30. The van der Waals surface area contributed by atoms with Gasteiger partial charge in [-0.25, -0.2) is 4.79 Å². The van der Waals surface area contributed by atoms with E-state index in [0.29, 0.717) is 26.2 Å². The second-order valence-corrected chi connectivity index (χ2v) is 9.27. The summed E-state index contributed by atoms with van der Waals surface area (Å²) in [4.78, 5) is 24.1. The van der Waals surface area contributed by atoms with E-state index < -0.39 is 23.9 Å². The van der Waals surface area contributed by atoms with Crippen molar-refractivity contribution in [3.8, 4) is 5.75 Å². The standard InChI is InChI=1S/C26H43NO7/c1-6-7-17-33-25(30)27-16-10-8-9-11-22(28)24(29)23(34-26(2,3)4)19-32-18-20-12-14-21(31-5)15-13-20/h12-15,23-24,29H,6-11,16-19H2,1-5H3,(H,27,30). The van der Waals surface area contributed by atoms with Gasteiger partial charge in [0.15, 0.2) is 5.78 Å². The summed E-state index contributed by atoms with van der Waals surface area (Å²) in [5.74, 6) is 0.496. The van der Waals surface area contributed by atoms with Gasteiger partial charge >= 0.3 is 6.09 Å². The molecule has 0 saturated carbocycles. The molecule has 0 aromatic heterocycles. The maximum atomic E-state index is 12.6. The van der Waals surface area contributed by atoms with Gasteiger partial charge < -0.3 is 29.4 Å². The monoisotopic (exact) mass is 481 g/mol. The van der Waals surface area contributed by atoms with Crippen LogP contribution in [0.2, 0.25) is 0 Å². The molecule has 8 nitrogen and oxygen atoms in total. The number of alkyl carbamates (subject to hydrolysis) is 1. The first-order chi connectivity index (χ1) is 16.2. The number of hydrogen-bond donors (Lipinski definition) is 2. The minimum atomic E-state index is -1.26. The molecule has 0 fully saturated rings. The number of aliphatic hydroxyl groups excluding tert-OH is 1. The third kappa shape index (κ3) is 13.5. The largest absolute Gasteiger partial charge is 0.497 e. The van der Waals surface area contributed by atoms with E-state index in [1.165, 1.54) is 0 Å². The highest BCUT2D eigenvalue weighted by atomic mass is 16.6. The number of carbonyl (C=O) groups is 2. The molecule has 0 aliphatic rings. The smallest absolute Gasteiger partial charge is 0.407 e. The van der Waals surface area contributed by atoms with Crippen LogP contribution in [0.15, 0.2) is 24.3 Å². The van der Waals surface area contributed by atoms with Gasteiger partial charge in [0, 0.05) is 13.0 Å². The van der Waals surface area contributed by atoms with Crippen LogP contribution in [-0.4, -0.2) is 61.7 Å². The Hall–Kier alpha value is -2.16. The van der Waals surface area contributed by atoms with Crippen molar-refractivity contribution in [2.75, 3.05) is 26.9 Å². The third-order valence-electron chi connectivity index (χ3n) is 5.00. The second-order valence-electron chi connectivity index (χ2n) is 9.27. The highest BCUT2D eigenvalue weighted by Gasteiger charge is 2.30. The van der Waals surface area contributed by atoms with Gasteiger partial charge in [0.2, 0.25) is 0 Å². The quantitative estimate of drug-likeness (QED) is 0.318. The summed E-state index contributed by atoms with van der Waals surface area (Å²) in [6.07, 6.45) is 1.76. The summed E-state index contributed by atoms with van der Waals surface area (Å²) >= 11 is 0. The number of hydrogen-bond acceptors (Lipinski definition) is 7. The van der Waals surface area contributed by atoms with Gasteiger partial charge in [-0.15, -0.1) is 0 Å². The summed E-state index contributed by atoms with van der Waals surface area (Å²) in [5, 5.41) is 13.3. The van der Waals surface area contributed by atoms with Crippen LogP contribution >= 0.6 is 0 Å². The molecule has 2 N–H and O–H groups in total. The maximum Gasteiger partial charge on any atom is 0.407 e. The molecule has 194 valence electrons. The van der Waals surface area contributed by atoms with Crippen molar-refractivity contribution < 1.29 is 33.6 Å². The van der Waals surface area contributed by atoms with E-state index in [9.17, 15) is 14.7 Å². The topological polar surface area (TPSA) is 103 Å². The highest BCUT2D eigenvalue weighted by Crippen LogP contribution is 2.17. The average Bonchev–Trinajstić information content (AvgIpc) is 2.79. The van der Waals surface area contributed by atoms with Gasteiger partial charge in [-0.2, -0.15) is 0 Å². The van der Waals surface area contributed by atoms with Crippen molar-refractivity contribution in [3.05, 3.63) is 29.8 Å². The number of carbonyl (C=O) groups excluding carboxylic acids is 2. The number of rotatable bonds is 17. The molecule has 0 aliphatic carbocycles. The van der Waals surface area contributed by atoms with Crippen molar-refractivity contribution in [1.82, 2.24) is 5.32 Å². The Kier molecular flexibility index (Phi) is 14.5. The number of aliphatic hydroxyl groups is 1. The molecule has 8 heteroatoms. The number of ether oxygens (including phenoxy) is 4. The van der Waals surface area contributed by atoms with E-state index in [2.05, 4.69) is 5.32 Å². The number of amides is 1. The molecule has 2 unspecified atom stereocenters. The number of nitrogens with one attached hydrogen (secondary N) is 1. The van der Waals surface area contributed by atoms with Gasteiger partial charge in [0.05, 0.1) is 32.5 Å². The van der Waals surface area contributed by atoms with Crippen LogP contribution in [0.25, 0.3) is 0 Å². The van der Waals surface area contributed by atoms with Crippen LogP contribution in [0.4, 0.5) is 4.79 Å². The molecule has 1 aromatic carbocycles. The summed E-state index contributed by atoms with van der Waals surface area (Å²) in [5.41, 5.74) is 0.422. The van der Waals surface area contributed by atoms with Gasteiger partial charge in [-0.3, -0.25) is 4.79 Å². The summed E-state index contributed by atoms with van der Waals surface area (Å²) in [7, 11) is 1.61. The zero-order valence-corrected chi connectivity index (χ0v) is 21.4. The molecular weight excluding hydrogens is 438 g/mol. The van der Waals surface area contributed by atoms with Crippen LogP contribution < -0.4 is 10.1 Å². The first kappa shape index (κ1) is 29.9. The Labute approximate surface area is 204 Å². The first-order valence-electron chi connectivity index (χ1n) is 12.2. The molecule has 34 heavy (non-hydrogen) atoms. The minimum absolute atomic E-state index is 0.0975. The van der Waals surface area contributed by atoms with Crippen molar-refractivity contribution in [1.29, 1.82) is 0 Å². The van der Waals surface area contributed by atoms with Crippen molar-refractivity contribution >= 4 is 11.9 Å². The molecule has 0 radical (unpaired) electrons. The second kappa shape index (κ2) is 16.5. The molecular formula is C26H43NO7. The van der Waals surface area contributed by atoms with Crippen LogP contribution in [0, 0.1) is 0 Å². The zero-order valence-electron chi connectivity index (χ0n) is 21.4. The van der Waals surface area contributed by atoms with Gasteiger partial charge in [-0.05, 0) is 57.7 Å². The minimum Gasteiger partial charge on any atom is -0.497 e. The van der Waals surface area contributed by atoms with Gasteiger partial charge in [0.25, 0.3) is 0 Å². The molecule has 1 aromatic rings. The Bertz CT molecular complexity index is 700. The molecule has 0 aliphatic heterocycles. The summed E-state index contributed by atoms with van der Waals surface area (Å²) < 4.78 is 21.9. The third-order valence-corrected chi connectivity index (χ3v) is 5.00. The predicted octanol–water partition coefficient (Wildman–Crippen LogP) is 4.41. The van der Waals surface area contributed by atoms with E-state index >= 15 is 0 Å². The number of methoxy groups -OCH3 is 1. The molecule has 1 rings (SSSR count). The Morgan fingerprint density at radius 2 is 1.76 bits per heavy atom. The predicted molar refractivity (Wildman–Crippen MR) is 131 cm³/mol. The first-order valence-corrected chi connectivity index (χ1v) is 12.2. The van der Waals surface area contributed by atoms with E-state index in [1.807, 2.05) is 52.0 Å². The Balaban J connectivity index is 2.39.